The Hall–Kier alpha value is -2.94. The van der Waals surface area contributed by atoms with Crippen LogP contribution in [-0.4, -0.2) is 4.57 Å². The van der Waals surface area contributed by atoms with Crippen molar-refractivity contribution in [2.75, 3.05) is 0 Å². The van der Waals surface area contributed by atoms with Crippen LogP contribution in [0.1, 0.15) is 5.56 Å². The van der Waals surface area contributed by atoms with E-state index in [1.54, 1.807) is 0 Å². The molecule has 0 aliphatic carbocycles. The SMILES string of the molecule is Cc1ccccc1-c1n(-c2ccc(F)cc2)c2ccccc2[n+]1C. The summed E-state index contributed by atoms with van der Waals surface area (Å²) in [6, 6.07) is 23.3. The van der Waals surface area contributed by atoms with Crippen LogP contribution in [0.3, 0.4) is 0 Å². The molecule has 0 aliphatic heterocycles. The number of fused-ring (bicyclic) bond motifs is 1. The molecule has 4 aromatic rings. The van der Waals surface area contributed by atoms with Crippen molar-refractivity contribution in [3.63, 3.8) is 0 Å². The van der Waals surface area contributed by atoms with E-state index in [1.807, 2.05) is 30.3 Å². The largest absolute Gasteiger partial charge is 0.295 e. The molecular formula is C21H18FN2+. The third-order valence-electron chi connectivity index (χ3n) is 4.48. The van der Waals surface area contributed by atoms with Gasteiger partial charge >= 0.3 is 0 Å². The molecule has 0 bridgehead atoms. The Morgan fingerprint density at radius 1 is 0.833 bits per heavy atom. The Morgan fingerprint density at radius 3 is 2.25 bits per heavy atom. The van der Waals surface area contributed by atoms with Crippen LogP contribution >= 0.6 is 0 Å². The van der Waals surface area contributed by atoms with Crippen LogP contribution in [0.4, 0.5) is 4.39 Å². The first-order chi connectivity index (χ1) is 11.7. The summed E-state index contributed by atoms with van der Waals surface area (Å²) in [6.45, 7) is 2.11. The van der Waals surface area contributed by atoms with E-state index in [0.29, 0.717) is 0 Å². The molecule has 0 saturated heterocycles. The average molecular weight is 317 g/mol. The van der Waals surface area contributed by atoms with Crippen LogP contribution in [0.5, 0.6) is 0 Å². The molecule has 0 amide bonds. The van der Waals surface area contributed by atoms with E-state index in [0.717, 1.165) is 22.5 Å². The summed E-state index contributed by atoms with van der Waals surface area (Å²) < 4.78 is 17.8. The highest BCUT2D eigenvalue weighted by molar-refractivity contribution is 5.79. The lowest BCUT2D eigenvalue weighted by Crippen LogP contribution is -2.30. The maximum absolute atomic E-state index is 13.4. The number of halogens is 1. The summed E-state index contributed by atoms with van der Waals surface area (Å²) in [5.41, 5.74) is 5.57. The van der Waals surface area contributed by atoms with Crippen molar-refractivity contribution in [1.29, 1.82) is 0 Å². The minimum absolute atomic E-state index is 0.225. The van der Waals surface area contributed by atoms with Crippen molar-refractivity contribution in [3.05, 3.63) is 84.2 Å². The summed E-state index contributed by atoms with van der Waals surface area (Å²) in [4.78, 5) is 0. The average Bonchev–Trinajstić information content (AvgIpc) is 2.89. The van der Waals surface area contributed by atoms with Gasteiger partial charge in [0, 0.05) is 0 Å². The molecule has 24 heavy (non-hydrogen) atoms. The molecule has 2 nitrogen and oxygen atoms in total. The number of aromatic nitrogens is 2. The highest BCUT2D eigenvalue weighted by Crippen LogP contribution is 2.28. The molecule has 0 atom stereocenters. The van der Waals surface area contributed by atoms with E-state index in [4.69, 9.17) is 0 Å². The van der Waals surface area contributed by atoms with Crippen molar-refractivity contribution in [2.24, 2.45) is 7.05 Å². The Kier molecular flexibility index (Phi) is 3.42. The molecule has 118 valence electrons. The van der Waals surface area contributed by atoms with Crippen molar-refractivity contribution < 1.29 is 8.96 Å². The van der Waals surface area contributed by atoms with Crippen molar-refractivity contribution >= 4 is 11.0 Å². The first-order valence-electron chi connectivity index (χ1n) is 7.98. The fourth-order valence-corrected chi connectivity index (χ4v) is 3.29. The van der Waals surface area contributed by atoms with E-state index in [-0.39, 0.29) is 5.82 Å². The molecule has 3 heteroatoms. The summed E-state index contributed by atoms with van der Waals surface area (Å²) in [5, 5.41) is 0. The predicted octanol–water partition coefficient (Wildman–Crippen LogP) is 4.57. The van der Waals surface area contributed by atoms with Crippen LogP contribution in [0.15, 0.2) is 72.8 Å². The smallest absolute Gasteiger partial charge is 0.225 e. The minimum atomic E-state index is -0.225. The number of hydrogen-bond acceptors (Lipinski definition) is 0. The highest BCUT2D eigenvalue weighted by atomic mass is 19.1. The zero-order valence-electron chi connectivity index (χ0n) is 13.7. The zero-order valence-corrected chi connectivity index (χ0v) is 13.7. The lowest BCUT2D eigenvalue weighted by atomic mass is 10.1. The normalized spacial score (nSPS) is 11.1. The number of para-hydroxylation sites is 2. The lowest BCUT2D eigenvalue weighted by Gasteiger charge is -2.06. The van der Waals surface area contributed by atoms with Crippen LogP contribution in [0.25, 0.3) is 28.1 Å². The van der Waals surface area contributed by atoms with Gasteiger partial charge in [-0.3, -0.25) is 0 Å². The lowest BCUT2D eigenvalue weighted by molar-refractivity contribution is -0.633. The summed E-state index contributed by atoms with van der Waals surface area (Å²) >= 11 is 0. The molecule has 3 aromatic carbocycles. The van der Waals surface area contributed by atoms with Gasteiger partial charge in [-0.2, -0.15) is 4.57 Å². The van der Waals surface area contributed by atoms with Crippen molar-refractivity contribution in [3.8, 4) is 17.1 Å². The number of hydrogen-bond donors (Lipinski definition) is 0. The third-order valence-corrected chi connectivity index (χ3v) is 4.48. The zero-order chi connectivity index (χ0) is 16.7. The number of imidazole rings is 1. The van der Waals surface area contributed by atoms with E-state index < -0.39 is 0 Å². The number of benzene rings is 3. The van der Waals surface area contributed by atoms with Gasteiger partial charge in [-0.1, -0.05) is 30.3 Å². The Morgan fingerprint density at radius 2 is 1.50 bits per heavy atom. The molecule has 0 aliphatic rings. The van der Waals surface area contributed by atoms with Gasteiger partial charge in [-0.05, 0) is 55.0 Å². The van der Waals surface area contributed by atoms with Crippen LogP contribution in [-0.2, 0) is 7.05 Å². The monoisotopic (exact) mass is 317 g/mol. The van der Waals surface area contributed by atoms with E-state index in [9.17, 15) is 4.39 Å². The second-order valence-corrected chi connectivity index (χ2v) is 6.00. The first-order valence-corrected chi connectivity index (χ1v) is 7.98. The van der Waals surface area contributed by atoms with Crippen molar-refractivity contribution in [2.45, 2.75) is 6.92 Å². The van der Waals surface area contributed by atoms with Crippen LogP contribution in [0.2, 0.25) is 0 Å². The van der Waals surface area contributed by atoms with E-state index in [2.05, 4.69) is 53.4 Å². The Bertz CT molecular complexity index is 1030. The minimum Gasteiger partial charge on any atom is -0.225 e. The molecule has 4 rings (SSSR count). The van der Waals surface area contributed by atoms with Gasteiger partial charge in [-0.25, -0.2) is 8.96 Å². The van der Waals surface area contributed by atoms with E-state index in [1.165, 1.54) is 23.3 Å². The number of nitrogens with zero attached hydrogens (tertiary/aromatic N) is 2. The Balaban J connectivity index is 2.13. The highest BCUT2D eigenvalue weighted by Gasteiger charge is 2.26. The maximum atomic E-state index is 13.4. The fourth-order valence-electron chi connectivity index (χ4n) is 3.29. The van der Waals surface area contributed by atoms with E-state index >= 15 is 0 Å². The molecule has 1 heterocycles. The maximum Gasteiger partial charge on any atom is 0.295 e. The molecule has 0 spiro atoms. The van der Waals surface area contributed by atoms with Gasteiger partial charge in [0.25, 0.3) is 5.82 Å². The molecule has 1 aromatic heterocycles. The molecule has 0 N–H and O–H groups in total. The van der Waals surface area contributed by atoms with Gasteiger partial charge in [0.1, 0.15) is 11.5 Å². The van der Waals surface area contributed by atoms with Gasteiger partial charge in [0.2, 0.25) is 0 Å². The topological polar surface area (TPSA) is 8.81 Å². The summed E-state index contributed by atoms with van der Waals surface area (Å²) in [5.74, 6) is 0.859. The summed E-state index contributed by atoms with van der Waals surface area (Å²) in [6.07, 6.45) is 0. The molecular weight excluding hydrogens is 299 g/mol. The van der Waals surface area contributed by atoms with Gasteiger partial charge in [-0.15, -0.1) is 0 Å². The molecule has 0 radical (unpaired) electrons. The molecule has 0 fully saturated rings. The summed E-state index contributed by atoms with van der Waals surface area (Å²) in [7, 11) is 2.07. The number of aryl methyl sites for hydroxylation is 2. The predicted molar refractivity (Wildman–Crippen MR) is 94.6 cm³/mol. The Labute approximate surface area is 140 Å². The van der Waals surface area contributed by atoms with Gasteiger partial charge < -0.3 is 0 Å². The van der Waals surface area contributed by atoms with Gasteiger partial charge in [0.05, 0.1) is 12.6 Å². The standard InChI is InChI=1S/C21H18FN2/c1-15-7-3-4-8-18(15)21-23(2)19-9-5-6-10-20(19)24(21)17-13-11-16(22)12-14-17/h3-14H,1-2H3/q+1. The molecule has 0 saturated carbocycles. The van der Waals surface area contributed by atoms with Gasteiger partial charge in [0.15, 0.2) is 11.0 Å². The van der Waals surface area contributed by atoms with Crippen LogP contribution in [0, 0.1) is 12.7 Å². The second kappa shape index (κ2) is 5.60. The number of rotatable bonds is 2. The van der Waals surface area contributed by atoms with Crippen LogP contribution < -0.4 is 4.57 Å². The van der Waals surface area contributed by atoms with Crippen molar-refractivity contribution in [1.82, 2.24) is 4.57 Å². The fraction of sp³-hybridized carbons (Fsp3) is 0.0952. The molecule has 0 unspecified atom stereocenters. The second-order valence-electron chi connectivity index (χ2n) is 6.00. The quantitative estimate of drug-likeness (QED) is 0.479. The third kappa shape index (κ3) is 2.21. The first kappa shape index (κ1) is 14.6.